The average Bonchev–Trinajstić information content (AvgIpc) is 2.65. The number of benzene rings is 1. The second-order valence-corrected chi connectivity index (χ2v) is 5.08. The number of carbonyl (C=O) groups is 1. The van der Waals surface area contributed by atoms with Gasteiger partial charge in [-0.05, 0) is 31.5 Å². The third-order valence-electron chi connectivity index (χ3n) is 2.67. The number of hydrogen-bond donors (Lipinski definition) is 1. The van der Waals surface area contributed by atoms with Gasteiger partial charge in [0, 0.05) is 11.1 Å². The molecule has 0 aliphatic heterocycles. The van der Waals surface area contributed by atoms with Gasteiger partial charge in [0.15, 0.2) is 0 Å². The van der Waals surface area contributed by atoms with Crippen LogP contribution in [0.5, 0.6) is 0 Å². The highest BCUT2D eigenvalue weighted by atomic mass is 32.1. The van der Waals surface area contributed by atoms with Crippen molar-refractivity contribution in [3.63, 3.8) is 0 Å². The number of aryl methyl sites for hydroxylation is 2. The van der Waals surface area contributed by atoms with E-state index in [1.165, 1.54) is 10.6 Å². The molecular weight excluding hydrogens is 267 g/mol. The van der Waals surface area contributed by atoms with E-state index in [0.717, 1.165) is 22.6 Å². The van der Waals surface area contributed by atoms with Gasteiger partial charge in [0.2, 0.25) is 5.91 Å². The first-order chi connectivity index (χ1) is 8.97. The van der Waals surface area contributed by atoms with Crippen LogP contribution in [0.3, 0.4) is 0 Å². The molecular formula is C13H13FN2O2S. The summed E-state index contributed by atoms with van der Waals surface area (Å²) in [4.78, 5) is 23.1. The first-order valence-corrected chi connectivity index (χ1v) is 6.56. The zero-order chi connectivity index (χ0) is 14.0. The zero-order valence-corrected chi connectivity index (χ0v) is 11.4. The fourth-order valence-electron chi connectivity index (χ4n) is 1.66. The maximum absolute atomic E-state index is 13.5. The predicted molar refractivity (Wildman–Crippen MR) is 73.1 cm³/mol. The van der Waals surface area contributed by atoms with Gasteiger partial charge in [-0.3, -0.25) is 14.2 Å². The van der Waals surface area contributed by atoms with Gasteiger partial charge in [-0.1, -0.05) is 17.4 Å². The van der Waals surface area contributed by atoms with E-state index >= 15 is 0 Å². The fraction of sp³-hybridized carbons (Fsp3) is 0.231. The Morgan fingerprint density at radius 2 is 2.16 bits per heavy atom. The van der Waals surface area contributed by atoms with Gasteiger partial charge in [-0.25, -0.2) is 4.39 Å². The summed E-state index contributed by atoms with van der Waals surface area (Å²) in [5, 5.41) is 4.16. The number of anilines is 1. The molecule has 0 bridgehead atoms. The van der Waals surface area contributed by atoms with Crippen LogP contribution in [-0.4, -0.2) is 10.5 Å². The maximum atomic E-state index is 13.5. The molecule has 2 rings (SSSR count). The molecule has 1 aromatic heterocycles. The van der Waals surface area contributed by atoms with Crippen LogP contribution in [0, 0.1) is 19.7 Å². The Kier molecular flexibility index (Phi) is 3.80. The number of aromatic nitrogens is 1. The van der Waals surface area contributed by atoms with Crippen molar-refractivity contribution in [1.29, 1.82) is 0 Å². The minimum absolute atomic E-state index is 0.110. The summed E-state index contributed by atoms with van der Waals surface area (Å²) in [5.74, 6) is -0.915. The van der Waals surface area contributed by atoms with Crippen molar-refractivity contribution >= 4 is 22.9 Å². The molecule has 4 nitrogen and oxygen atoms in total. The van der Waals surface area contributed by atoms with E-state index in [0.29, 0.717) is 0 Å². The van der Waals surface area contributed by atoms with Gasteiger partial charge in [-0.2, -0.15) is 0 Å². The normalized spacial score (nSPS) is 10.5. The van der Waals surface area contributed by atoms with E-state index in [1.54, 1.807) is 24.4 Å². The van der Waals surface area contributed by atoms with Crippen molar-refractivity contribution in [1.82, 2.24) is 4.57 Å². The number of rotatable bonds is 3. The second-order valence-electron chi connectivity index (χ2n) is 4.26. The lowest BCUT2D eigenvalue weighted by molar-refractivity contribution is -0.116. The molecule has 0 atom stereocenters. The van der Waals surface area contributed by atoms with Crippen molar-refractivity contribution in [2.24, 2.45) is 0 Å². The van der Waals surface area contributed by atoms with Gasteiger partial charge < -0.3 is 5.32 Å². The van der Waals surface area contributed by atoms with E-state index in [4.69, 9.17) is 0 Å². The van der Waals surface area contributed by atoms with Crippen molar-refractivity contribution < 1.29 is 9.18 Å². The standard InChI is InChI=1S/C13H13FN2O2S/c1-8-3-4-10(14)11(5-8)15-12(17)6-16-9(2)7-19-13(16)18/h3-5,7H,6H2,1-2H3,(H,15,17). The molecule has 100 valence electrons. The SMILES string of the molecule is Cc1ccc(F)c(NC(=O)Cn2c(C)csc2=O)c1. The Labute approximate surface area is 113 Å². The quantitative estimate of drug-likeness (QED) is 0.938. The molecule has 1 amide bonds. The third kappa shape index (κ3) is 3.08. The number of nitrogens with one attached hydrogen (secondary N) is 1. The molecule has 0 aliphatic rings. The molecule has 6 heteroatoms. The molecule has 2 aromatic rings. The largest absolute Gasteiger partial charge is 0.322 e. The minimum atomic E-state index is -0.492. The molecule has 0 fully saturated rings. The maximum Gasteiger partial charge on any atom is 0.307 e. The molecule has 0 aliphatic carbocycles. The van der Waals surface area contributed by atoms with Crippen molar-refractivity contribution in [2.75, 3.05) is 5.32 Å². The summed E-state index contributed by atoms with van der Waals surface area (Å²) in [6.07, 6.45) is 0. The Hall–Kier alpha value is -1.95. The zero-order valence-electron chi connectivity index (χ0n) is 10.6. The second kappa shape index (κ2) is 5.36. The molecule has 1 aromatic carbocycles. The lowest BCUT2D eigenvalue weighted by atomic mass is 10.2. The molecule has 0 saturated carbocycles. The van der Waals surface area contributed by atoms with E-state index < -0.39 is 11.7 Å². The highest BCUT2D eigenvalue weighted by Crippen LogP contribution is 2.15. The van der Waals surface area contributed by atoms with E-state index in [1.807, 2.05) is 6.92 Å². The lowest BCUT2D eigenvalue weighted by Crippen LogP contribution is -2.25. The molecule has 0 saturated heterocycles. The van der Waals surface area contributed by atoms with Crippen LogP contribution < -0.4 is 10.2 Å². The Bertz CT molecular complexity index is 676. The van der Waals surface area contributed by atoms with Gasteiger partial charge in [0.05, 0.1) is 5.69 Å². The summed E-state index contributed by atoms with van der Waals surface area (Å²) >= 11 is 1.04. The van der Waals surface area contributed by atoms with Crippen LogP contribution in [-0.2, 0) is 11.3 Å². The number of halogens is 1. The van der Waals surface area contributed by atoms with Crippen LogP contribution in [0.25, 0.3) is 0 Å². The fourth-order valence-corrected chi connectivity index (χ4v) is 2.40. The summed E-state index contributed by atoms with van der Waals surface area (Å²) in [7, 11) is 0. The molecule has 1 N–H and O–H groups in total. The van der Waals surface area contributed by atoms with Crippen LogP contribution in [0.15, 0.2) is 28.4 Å². The molecule has 19 heavy (non-hydrogen) atoms. The van der Waals surface area contributed by atoms with Gasteiger partial charge >= 0.3 is 4.87 Å². The van der Waals surface area contributed by atoms with Crippen LogP contribution in [0.1, 0.15) is 11.3 Å². The number of nitrogens with zero attached hydrogens (tertiary/aromatic N) is 1. The topological polar surface area (TPSA) is 51.1 Å². The number of amides is 1. The summed E-state index contributed by atoms with van der Waals surface area (Å²) in [6.45, 7) is 3.45. The monoisotopic (exact) mass is 280 g/mol. The molecule has 0 spiro atoms. The van der Waals surface area contributed by atoms with Crippen LogP contribution >= 0.6 is 11.3 Å². The Morgan fingerprint density at radius 3 is 2.79 bits per heavy atom. The highest BCUT2D eigenvalue weighted by Gasteiger charge is 2.10. The van der Waals surface area contributed by atoms with Gasteiger partial charge in [-0.15, -0.1) is 0 Å². The average molecular weight is 280 g/mol. The first kappa shape index (κ1) is 13.5. The van der Waals surface area contributed by atoms with E-state index in [-0.39, 0.29) is 17.1 Å². The highest BCUT2D eigenvalue weighted by molar-refractivity contribution is 7.07. The summed E-state index contributed by atoms with van der Waals surface area (Å²) in [6, 6.07) is 4.47. The first-order valence-electron chi connectivity index (χ1n) is 5.68. The van der Waals surface area contributed by atoms with Crippen molar-refractivity contribution in [2.45, 2.75) is 20.4 Å². The van der Waals surface area contributed by atoms with E-state index in [2.05, 4.69) is 5.32 Å². The molecule has 0 radical (unpaired) electrons. The number of carbonyl (C=O) groups excluding carboxylic acids is 1. The van der Waals surface area contributed by atoms with Crippen molar-refractivity contribution in [3.8, 4) is 0 Å². The van der Waals surface area contributed by atoms with Gasteiger partial charge in [0.1, 0.15) is 12.4 Å². The number of thiazole rings is 1. The Morgan fingerprint density at radius 1 is 1.42 bits per heavy atom. The van der Waals surface area contributed by atoms with Crippen LogP contribution in [0.4, 0.5) is 10.1 Å². The lowest BCUT2D eigenvalue weighted by Gasteiger charge is -2.08. The summed E-state index contributed by atoms with van der Waals surface area (Å²) in [5.41, 5.74) is 1.70. The Balaban J connectivity index is 2.14. The van der Waals surface area contributed by atoms with Crippen molar-refractivity contribution in [3.05, 3.63) is 50.3 Å². The smallest absolute Gasteiger partial charge is 0.307 e. The number of hydrogen-bond acceptors (Lipinski definition) is 3. The van der Waals surface area contributed by atoms with Crippen LogP contribution in [0.2, 0.25) is 0 Å². The van der Waals surface area contributed by atoms with E-state index in [9.17, 15) is 14.0 Å². The minimum Gasteiger partial charge on any atom is -0.322 e. The predicted octanol–water partition coefficient (Wildman–Crippen LogP) is 2.30. The molecule has 0 unspecified atom stereocenters. The van der Waals surface area contributed by atoms with Gasteiger partial charge in [0.25, 0.3) is 0 Å². The third-order valence-corrected chi connectivity index (χ3v) is 3.56. The summed E-state index contributed by atoms with van der Waals surface area (Å²) < 4.78 is 14.8. The molecule has 1 heterocycles.